The summed E-state index contributed by atoms with van der Waals surface area (Å²) in [7, 11) is 0. The van der Waals surface area contributed by atoms with E-state index in [2.05, 4.69) is 30.1 Å². The maximum Gasteiger partial charge on any atom is 0.0995 e. The van der Waals surface area contributed by atoms with Crippen molar-refractivity contribution in [2.75, 3.05) is 0 Å². The summed E-state index contributed by atoms with van der Waals surface area (Å²) in [5.41, 5.74) is 8.96. The van der Waals surface area contributed by atoms with Crippen LogP contribution in [-0.4, -0.2) is 9.55 Å². The van der Waals surface area contributed by atoms with Gasteiger partial charge in [-0.3, -0.25) is 0 Å². The number of nitrogens with zero attached hydrogens (tertiary/aromatic N) is 2. The zero-order valence-corrected chi connectivity index (χ0v) is 8.85. The molecule has 1 heterocycles. The van der Waals surface area contributed by atoms with Gasteiger partial charge in [-0.25, -0.2) is 4.98 Å². The van der Waals surface area contributed by atoms with Crippen LogP contribution >= 0.6 is 0 Å². The minimum absolute atomic E-state index is 0.487. The molecule has 2 N–H and O–H groups in total. The summed E-state index contributed by atoms with van der Waals surface area (Å²) < 4.78 is 2.03. The molecular weight excluding hydrogens is 186 g/mol. The Morgan fingerprint density at radius 1 is 1.33 bits per heavy atom. The third-order valence-corrected chi connectivity index (χ3v) is 2.50. The van der Waals surface area contributed by atoms with E-state index in [1.807, 2.05) is 23.2 Å². The van der Waals surface area contributed by atoms with Crippen LogP contribution in [0.4, 0.5) is 0 Å². The molecule has 0 unspecified atom stereocenters. The molecule has 0 atom stereocenters. The molecule has 0 aliphatic rings. The second-order valence-corrected chi connectivity index (χ2v) is 3.46. The SMILES string of the molecule is CCc1ccccc1-n1cnc(CN)c1. The Morgan fingerprint density at radius 2 is 2.13 bits per heavy atom. The van der Waals surface area contributed by atoms with Crippen molar-refractivity contribution in [2.45, 2.75) is 19.9 Å². The van der Waals surface area contributed by atoms with Crippen molar-refractivity contribution in [3.05, 3.63) is 48.0 Å². The highest BCUT2D eigenvalue weighted by Crippen LogP contribution is 2.15. The van der Waals surface area contributed by atoms with Gasteiger partial charge >= 0.3 is 0 Å². The fourth-order valence-electron chi connectivity index (χ4n) is 1.66. The van der Waals surface area contributed by atoms with Gasteiger partial charge in [0.1, 0.15) is 0 Å². The first kappa shape index (κ1) is 9.93. The molecule has 0 fully saturated rings. The standard InChI is InChI=1S/C12H15N3/c1-2-10-5-3-4-6-12(10)15-8-11(7-13)14-9-15/h3-6,8-9H,2,7,13H2,1H3. The van der Waals surface area contributed by atoms with E-state index in [0.29, 0.717) is 6.54 Å². The smallest absolute Gasteiger partial charge is 0.0995 e. The summed E-state index contributed by atoms with van der Waals surface area (Å²) in [5.74, 6) is 0. The van der Waals surface area contributed by atoms with Gasteiger partial charge in [-0.05, 0) is 18.1 Å². The van der Waals surface area contributed by atoms with Crippen molar-refractivity contribution in [3.63, 3.8) is 0 Å². The maximum absolute atomic E-state index is 5.54. The molecule has 15 heavy (non-hydrogen) atoms. The molecule has 78 valence electrons. The maximum atomic E-state index is 5.54. The van der Waals surface area contributed by atoms with E-state index in [4.69, 9.17) is 5.73 Å². The van der Waals surface area contributed by atoms with Crippen LogP contribution in [0.2, 0.25) is 0 Å². The Kier molecular flexibility index (Phi) is 2.83. The van der Waals surface area contributed by atoms with Crippen molar-refractivity contribution in [3.8, 4) is 5.69 Å². The highest BCUT2D eigenvalue weighted by molar-refractivity contribution is 5.41. The van der Waals surface area contributed by atoms with Crippen molar-refractivity contribution in [1.82, 2.24) is 9.55 Å². The zero-order chi connectivity index (χ0) is 10.7. The number of aromatic nitrogens is 2. The van der Waals surface area contributed by atoms with E-state index in [9.17, 15) is 0 Å². The van der Waals surface area contributed by atoms with Gasteiger partial charge in [-0.2, -0.15) is 0 Å². The van der Waals surface area contributed by atoms with Gasteiger partial charge in [-0.15, -0.1) is 0 Å². The number of aryl methyl sites for hydroxylation is 1. The number of para-hydroxylation sites is 1. The summed E-state index contributed by atoms with van der Waals surface area (Å²) in [6.45, 7) is 2.64. The van der Waals surface area contributed by atoms with Crippen LogP contribution in [-0.2, 0) is 13.0 Å². The van der Waals surface area contributed by atoms with E-state index in [-0.39, 0.29) is 0 Å². The predicted molar refractivity (Wildman–Crippen MR) is 60.8 cm³/mol. The monoisotopic (exact) mass is 201 g/mol. The Hall–Kier alpha value is -1.61. The van der Waals surface area contributed by atoms with Crippen LogP contribution in [0.1, 0.15) is 18.2 Å². The van der Waals surface area contributed by atoms with Crippen molar-refractivity contribution < 1.29 is 0 Å². The van der Waals surface area contributed by atoms with Gasteiger partial charge in [0.25, 0.3) is 0 Å². The number of benzene rings is 1. The molecule has 0 saturated heterocycles. The van der Waals surface area contributed by atoms with E-state index in [1.54, 1.807) is 0 Å². The molecule has 0 amide bonds. The van der Waals surface area contributed by atoms with E-state index >= 15 is 0 Å². The summed E-state index contributed by atoms with van der Waals surface area (Å²) in [6.07, 6.45) is 4.82. The van der Waals surface area contributed by atoms with Gasteiger partial charge in [0.05, 0.1) is 12.0 Å². The first-order valence-electron chi connectivity index (χ1n) is 5.16. The Labute approximate surface area is 89.6 Å². The largest absolute Gasteiger partial charge is 0.325 e. The molecule has 2 rings (SSSR count). The van der Waals surface area contributed by atoms with Crippen molar-refractivity contribution >= 4 is 0 Å². The molecule has 3 heteroatoms. The molecule has 2 aromatic rings. The van der Waals surface area contributed by atoms with Gasteiger partial charge in [-0.1, -0.05) is 25.1 Å². The molecule has 1 aromatic heterocycles. The second kappa shape index (κ2) is 4.28. The van der Waals surface area contributed by atoms with Crippen molar-refractivity contribution in [1.29, 1.82) is 0 Å². The summed E-state index contributed by atoms with van der Waals surface area (Å²) in [5, 5.41) is 0. The minimum atomic E-state index is 0.487. The molecule has 0 bridgehead atoms. The highest BCUT2D eigenvalue weighted by Gasteiger charge is 2.03. The fraction of sp³-hybridized carbons (Fsp3) is 0.250. The lowest BCUT2D eigenvalue weighted by molar-refractivity contribution is 0.998. The van der Waals surface area contributed by atoms with Crippen LogP contribution < -0.4 is 5.73 Å². The van der Waals surface area contributed by atoms with Gasteiger partial charge < -0.3 is 10.3 Å². The summed E-state index contributed by atoms with van der Waals surface area (Å²) >= 11 is 0. The van der Waals surface area contributed by atoms with Crippen LogP contribution in [0.15, 0.2) is 36.8 Å². The average Bonchev–Trinajstić information content (AvgIpc) is 2.77. The quantitative estimate of drug-likeness (QED) is 0.824. The first-order chi connectivity index (χ1) is 7.35. The number of nitrogens with two attached hydrogens (primary N) is 1. The van der Waals surface area contributed by atoms with Crippen LogP contribution in [0.5, 0.6) is 0 Å². The number of hydrogen-bond acceptors (Lipinski definition) is 2. The Balaban J connectivity index is 2.44. The number of hydrogen-bond donors (Lipinski definition) is 1. The zero-order valence-electron chi connectivity index (χ0n) is 8.85. The lowest BCUT2D eigenvalue weighted by atomic mass is 10.1. The van der Waals surface area contributed by atoms with Gasteiger partial charge in [0.15, 0.2) is 0 Å². The van der Waals surface area contributed by atoms with Gasteiger partial charge in [0.2, 0.25) is 0 Å². The summed E-state index contributed by atoms with van der Waals surface area (Å²) in [4.78, 5) is 4.22. The fourth-order valence-corrected chi connectivity index (χ4v) is 1.66. The molecule has 0 spiro atoms. The molecule has 0 aliphatic carbocycles. The Morgan fingerprint density at radius 3 is 2.80 bits per heavy atom. The third kappa shape index (κ3) is 1.92. The van der Waals surface area contributed by atoms with Crippen molar-refractivity contribution in [2.24, 2.45) is 5.73 Å². The van der Waals surface area contributed by atoms with Crippen LogP contribution in [0, 0.1) is 0 Å². The molecule has 0 aliphatic heterocycles. The molecule has 0 radical (unpaired) electrons. The van der Waals surface area contributed by atoms with Gasteiger partial charge in [0, 0.05) is 18.4 Å². The van der Waals surface area contributed by atoms with Crippen LogP contribution in [0.25, 0.3) is 5.69 Å². The first-order valence-corrected chi connectivity index (χ1v) is 5.16. The highest BCUT2D eigenvalue weighted by atomic mass is 15.0. The lowest BCUT2D eigenvalue weighted by Gasteiger charge is -2.07. The topological polar surface area (TPSA) is 43.8 Å². The van der Waals surface area contributed by atoms with E-state index in [1.165, 1.54) is 11.3 Å². The summed E-state index contributed by atoms with van der Waals surface area (Å²) in [6, 6.07) is 8.33. The van der Waals surface area contributed by atoms with Crippen LogP contribution in [0.3, 0.4) is 0 Å². The minimum Gasteiger partial charge on any atom is -0.325 e. The molecule has 1 aromatic carbocycles. The van der Waals surface area contributed by atoms with E-state index in [0.717, 1.165) is 12.1 Å². The third-order valence-electron chi connectivity index (χ3n) is 2.50. The number of rotatable bonds is 3. The average molecular weight is 201 g/mol. The van der Waals surface area contributed by atoms with E-state index < -0.39 is 0 Å². The lowest BCUT2D eigenvalue weighted by Crippen LogP contribution is -1.97. The molecule has 3 nitrogen and oxygen atoms in total. The molecule has 0 saturated carbocycles. The molecular formula is C12H15N3. The normalized spacial score (nSPS) is 10.5. The number of imidazole rings is 1. The predicted octanol–water partition coefficient (Wildman–Crippen LogP) is 1.89. The Bertz CT molecular complexity index is 446. The second-order valence-electron chi connectivity index (χ2n) is 3.46.